The maximum atomic E-state index is 13.3. The van der Waals surface area contributed by atoms with Crippen molar-refractivity contribution in [3.8, 4) is 0 Å². The molecule has 2 fully saturated rings. The highest BCUT2D eigenvalue weighted by molar-refractivity contribution is 8.02. The predicted octanol–water partition coefficient (Wildman–Crippen LogP) is 3.53. The second-order valence-electron chi connectivity index (χ2n) is 8.28. The summed E-state index contributed by atoms with van der Waals surface area (Å²) in [6.07, 6.45) is 0.653. The lowest BCUT2D eigenvalue weighted by Crippen LogP contribution is -2.48. The van der Waals surface area contributed by atoms with Gasteiger partial charge in [-0.15, -0.1) is 23.1 Å². The summed E-state index contributed by atoms with van der Waals surface area (Å²) in [5.41, 5.74) is 1.73. The molecule has 3 aromatic rings. The zero-order chi connectivity index (χ0) is 22.1. The van der Waals surface area contributed by atoms with Crippen molar-refractivity contribution in [3.05, 3.63) is 59.1 Å². The number of nitrogens with zero attached hydrogens (tertiary/aromatic N) is 3. The van der Waals surface area contributed by atoms with Crippen LogP contribution in [0.4, 0.5) is 0 Å². The number of sulfone groups is 1. The van der Waals surface area contributed by atoms with Crippen LogP contribution in [0.15, 0.2) is 53.4 Å². The number of rotatable bonds is 5. The van der Waals surface area contributed by atoms with Crippen molar-refractivity contribution >= 4 is 49.1 Å². The molecule has 0 radical (unpaired) electrons. The van der Waals surface area contributed by atoms with Gasteiger partial charge in [0.1, 0.15) is 5.01 Å². The molecule has 3 heterocycles. The van der Waals surface area contributed by atoms with Crippen LogP contribution in [0.1, 0.15) is 21.8 Å². The average molecular weight is 488 g/mol. The first-order chi connectivity index (χ1) is 15.5. The SMILES string of the molecule is O=C(c1ccccc1S[C@@H]1CCS(=O)(=O)C1)N1CCN(Cc2nc3ccccc3s2)CC1. The Morgan fingerprint density at radius 3 is 2.56 bits per heavy atom. The minimum Gasteiger partial charge on any atom is -0.336 e. The normalized spacial score (nSPS) is 21.2. The summed E-state index contributed by atoms with van der Waals surface area (Å²) in [6, 6.07) is 15.8. The number of hydrogen-bond acceptors (Lipinski definition) is 7. The molecule has 168 valence electrons. The molecule has 9 heteroatoms. The first-order valence-electron chi connectivity index (χ1n) is 10.8. The van der Waals surface area contributed by atoms with Crippen LogP contribution in [-0.4, -0.2) is 72.0 Å². The Morgan fingerprint density at radius 2 is 1.81 bits per heavy atom. The van der Waals surface area contributed by atoms with Crippen LogP contribution < -0.4 is 0 Å². The lowest BCUT2D eigenvalue weighted by molar-refractivity contribution is 0.0625. The molecular formula is C23H25N3O3S3. The Hall–Kier alpha value is -1.94. The van der Waals surface area contributed by atoms with Crippen molar-refractivity contribution in [2.75, 3.05) is 37.7 Å². The van der Waals surface area contributed by atoms with Gasteiger partial charge in [-0.3, -0.25) is 9.69 Å². The van der Waals surface area contributed by atoms with Crippen LogP contribution in [0.3, 0.4) is 0 Å². The molecule has 0 bridgehead atoms. The largest absolute Gasteiger partial charge is 0.336 e. The Morgan fingerprint density at radius 1 is 1.06 bits per heavy atom. The van der Waals surface area contributed by atoms with E-state index in [-0.39, 0.29) is 22.7 Å². The summed E-state index contributed by atoms with van der Waals surface area (Å²) in [6.45, 7) is 3.81. The summed E-state index contributed by atoms with van der Waals surface area (Å²) >= 11 is 3.27. The van der Waals surface area contributed by atoms with Crippen molar-refractivity contribution < 1.29 is 13.2 Å². The van der Waals surface area contributed by atoms with Gasteiger partial charge in [0.25, 0.3) is 5.91 Å². The average Bonchev–Trinajstić information content (AvgIpc) is 3.35. The molecule has 1 amide bonds. The highest BCUT2D eigenvalue weighted by atomic mass is 32.2. The van der Waals surface area contributed by atoms with Gasteiger partial charge in [-0.05, 0) is 30.7 Å². The van der Waals surface area contributed by atoms with Crippen molar-refractivity contribution in [1.29, 1.82) is 0 Å². The summed E-state index contributed by atoms with van der Waals surface area (Å²) in [7, 11) is -2.94. The van der Waals surface area contributed by atoms with Gasteiger partial charge in [-0.25, -0.2) is 13.4 Å². The fraction of sp³-hybridized carbons (Fsp3) is 0.391. The summed E-state index contributed by atoms with van der Waals surface area (Å²) in [5, 5.41) is 1.14. The first-order valence-corrected chi connectivity index (χ1v) is 14.3. The Bertz CT molecular complexity index is 1200. The molecular weight excluding hydrogens is 462 g/mol. The molecule has 0 unspecified atom stereocenters. The molecule has 0 N–H and O–H groups in total. The zero-order valence-corrected chi connectivity index (χ0v) is 20.1. The number of carbonyl (C=O) groups excluding carboxylic acids is 1. The number of thioether (sulfide) groups is 1. The molecule has 0 saturated carbocycles. The number of fused-ring (bicyclic) bond motifs is 1. The van der Waals surface area contributed by atoms with Crippen molar-refractivity contribution in [2.45, 2.75) is 23.1 Å². The van der Waals surface area contributed by atoms with Gasteiger partial charge in [-0.2, -0.15) is 0 Å². The van der Waals surface area contributed by atoms with E-state index >= 15 is 0 Å². The molecule has 5 rings (SSSR count). The van der Waals surface area contributed by atoms with E-state index in [4.69, 9.17) is 4.98 Å². The van der Waals surface area contributed by atoms with Gasteiger partial charge in [0.05, 0.1) is 33.8 Å². The number of thiazole rings is 1. The van der Waals surface area contributed by atoms with Crippen molar-refractivity contribution in [1.82, 2.24) is 14.8 Å². The molecule has 0 spiro atoms. The fourth-order valence-corrected chi connectivity index (χ4v) is 8.87. The lowest BCUT2D eigenvalue weighted by atomic mass is 10.2. The second-order valence-corrected chi connectivity index (χ2v) is 13.0. The maximum Gasteiger partial charge on any atom is 0.255 e. The van der Waals surface area contributed by atoms with Crippen LogP contribution in [0, 0.1) is 0 Å². The Kier molecular flexibility index (Phi) is 6.24. The number of aromatic nitrogens is 1. The Balaban J connectivity index is 1.21. The highest BCUT2D eigenvalue weighted by Gasteiger charge is 2.30. The topological polar surface area (TPSA) is 70.6 Å². The number of hydrogen-bond donors (Lipinski definition) is 0. The number of piperazine rings is 1. The smallest absolute Gasteiger partial charge is 0.255 e. The van der Waals surface area contributed by atoms with Crippen LogP contribution in [0.2, 0.25) is 0 Å². The Labute approximate surface area is 196 Å². The third kappa shape index (κ3) is 4.85. The minimum atomic E-state index is -2.94. The van der Waals surface area contributed by atoms with Gasteiger partial charge in [0.2, 0.25) is 0 Å². The predicted molar refractivity (Wildman–Crippen MR) is 130 cm³/mol. The van der Waals surface area contributed by atoms with E-state index in [2.05, 4.69) is 11.0 Å². The number of para-hydroxylation sites is 1. The van der Waals surface area contributed by atoms with Gasteiger partial charge >= 0.3 is 0 Å². The molecule has 32 heavy (non-hydrogen) atoms. The van der Waals surface area contributed by atoms with Crippen molar-refractivity contribution in [2.24, 2.45) is 0 Å². The summed E-state index contributed by atoms with van der Waals surface area (Å²) in [5.74, 6) is 0.482. The number of amides is 1. The summed E-state index contributed by atoms with van der Waals surface area (Å²) in [4.78, 5) is 23.2. The summed E-state index contributed by atoms with van der Waals surface area (Å²) < 4.78 is 24.8. The molecule has 2 aliphatic rings. The first kappa shape index (κ1) is 21.9. The van der Waals surface area contributed by atoms with E-state index in [1.54, 1.807) is 11.3 Å². The van der Waals surface area contributed by atoms with Gasteiger partial charge in [0, 0.05) is 36.3 Å². The van der Waals surface area contributed by atoms with Crippen LogP contribution in [-0.2, 0) is 16.4 Å². The van der Waals surface area contributed by atoms with Crippen molar-refractivity contribution in [3.63, 3.8) is 0 Å². The molecule has 1 atom stereocenters. The zero-order valence-electron chi connectivity index (χ0n) is 17.6. The van der Waals surface area contributed by atoms with E-state index in [0.717, 1.165) is 35.1 Å². The van der Waals surface area contributed by atoms with E-state index in [1.807, 2.05) is 47.4 Å². The monoisotopic (exact) mass is 487 g/mol. The second kappa shape index (κ2) is 9.13. The molecule has 1 aromatic heterocycles. The highest BCUT2D eigenvalue weighted by Crippen LogP contribution is 2.33. The van der Waals surface area contributed by atoms with Crippen LogP contribution in [0.5, 0.6) is 0 Å². The molecule has 0 aliphatic carbocycles. The minimum absolute atomic E-state index is 0.0274. The molecule has 2 aliphatic heterocycles. The fourth-order valence-electron chi connectivity index (χ4n) is 4.24. The third-order valence-corrected chi connectivity index (χ3v) is 10.3. The molecule has 6 nitrogen and oxygen atoms in total. The maximum absolute atomic E-state index is 13.3. The van der Waals surface area contributed by atoms with Gasteiger partial charge < -0.3 is 4.90 Å². The third-order valence-electron chi connectivity index (χ3n) is 5.96. The number of benzene rings is 2. The van der Waals surface area contributed by atoms with Gasteiger partial charge in [-0.1, -0.05) is 24.3 Å². The van der Waals surface area contributed by atoms with Gasteiger partial charge in [0.15, 0.2) is 9.84 Å². The van der Waals surface area contributed by atoms with E-state index < -0.39 is 9.84 Å². The van der Waals surface area contributed by atoms with E-state index in [0.29, 0.717) is 25.1 Å². The number of carbonyl (C=O) groups is 1. The lowest BCUT2D eigenvalue weighted by Gasteiger charge is -2.34. The van der Waals surface area contributed by atoms with E-state index in [9.17, 15) is 13.2 Å². The van der Waals surface area contributed by atoms with E-state index in [1.165, 1.54) is 16.5 Å². The standard InChI is InChI=1S/C23H25N3O3S3/c27-23(18-5-1-3-7-20(18)30-17-9-14-32(28,29)16-17)26-12-10-25(11-13-26)15-22-24-19-6-2-4-8-21(19)31-22/h1-8,17H,9-16H2/t17-/m1/s1. The molecule has 2 aromatic carbocycles. The van der Waals surface area contributed by atoms with Crippen LogP contribution in [0.25, 0.3) is 10.2 Å². The molecule has 2 saturated heterocycles. The van der Waals surface area contributed by atoms with Crippen LogP contribution >= 0.6 is 23.1 Å². The quantitative estimate of drug-likeness (QED) is 0.548.